The van der Waals surface area contributed by atoms with E-state index in [-0.39, 0.29) is 0 Å². The van der Waals surface area contributed by atoms with E-state index in [9.17, 15) is 4.79 Å². The molecule has 20 heavy (non-hydrogen) atoms. The highest BCUT2D eigenvalue weighted by Gasteiger charge is 2.14. The van der Waals surface area contributed by atoms with Gasteiger partial charge >= 0.3 is 5.97 Å². The Bertz CT molecular complexity index is 416. The third-order valence-corrected chi connectivity index (χ3v) is 4.70. The van der Waals surface area contributed by atoms with Crippen molar-refractivity contribution in [2.45, 2.75) is 64.2 Å². The van der Waals surface area contributed by atoms with Gasteiger partial charge in [-0.2, -0.15) is 0 Å². The maximum absolute atomic E-state index is 10.8. The van der Waals surface area contributed by atoms with Crippen LogP contribution in [0.3, 0.4) is 0 Å². The molecule has 1 aromatic carbocycles. The van der Waals surface area contributed by atoms with Crippen LogP contribution in [-0.2, 0) is 0 Å². The molecule has 0 aliphatic heterocycles. The second-order valence-electron chi connectivity index (χ2n) is 6.26. The molecule has 1 aromatic rings. The van der Waals surface area contributed by atoms with Gasteiger partial charge in [0.2, 0.25) is 0 Å². The van der Waals surface area contributed by atoms with Gasteiger partial charge in [-0.15, -0.1) is 0 Å². The number of hydrogen-bond donors (Lipinski definition) is 1. The minimum Gasteiger partial charge on any atom is -0.478 e. The summed E-state index contributed by atoms with van der Waals surface area (Å²) < 4.78 is 0. The lowest BCUT2D eigenvalue weighted by Crippen LogP contribution is -2.06. The van der Waals surface area contributed by atoms with Crippen molar-refractivity contribution in [3.63, 3.8) is 0 Å². The lowest BCUT2D eigenvalue weighted by molar-refractivity contribution is 0.0697. The van der Waals surface area contributed by atoms with Crippen LogP contribution in [0.2, 0.25) is 0 Å². The molecule has 110 valence electrons. The molecule has 1 aliphatic rings. The van der Waals surface area contributed by atoms with Crippen molar-refractivity contribution in [1.29, 1.82) is 0 Å². The zero-order valence-electron chi connectivity index (χ0n) is 12.5. The first-order chi connectivity index (χ1) is 9.66. The molecule has 1 N–H and O–H groups in total. The quantitative estimate of drug-likeness (QED) is 0.770. The fraction of sp³-hybridized carbons (Fsp3) is 0.611. The Balaban J connectivity index is 1.76. The summed E-state index contributed by atoms with van der Waals surface area (Å²) in [6, 6.07) is 7.37. The van der Waals surface area contributed by atoms with Crippen molar-refractivity contribution in [2.75, 3.05) is 0 Å². The number of aromatic carboxylic acids is 1. The molecule has 0 heterocycles. The molecule has 0 spiro atoms. The Kier molecular flexibility index (Phi) is 5.63. The number of hydrogen-bond acceptors (Lipinski definition) is 1. The van der Waals surface area contributed by atoms with Gasteiger partial charge in [0.15, 0.2) is 0 Å². The molecule has 0 bridgehead atoms. The van der Waals surface area contributed by atoms with Crippen LogP contribution in [0.5, 0.6) is 0 Å². The molecular weight excluding hydrogens is 248 g/mol. The normalized spacial score (nSPS) is 17.9. The zero-order valence-corrected chi connectivity index (χ0v) is 12.5. The minimum atomic E-state index is -0.846. The van der Waals surface area contributed by atoms with Crippen LogP contribution in [0.1, 0.15) is 80.1 Å². The first-order valence-electron chi connectivity index (χ1n) is 8.00. The molecule has 1 fully saturated rings. The predicted molar refractivity (Wildman–Crippen MR) is 82.2 cm³/mol. The summed E-state index contributed by atoms with van der Waals surface area (Å²) in [5, 5.41) is 8.90. The summed E-state index contributed by atoms with van der Waals surface area (Å²) in [7, 11) is 0. The smallest absolute Gasteiger partial charge is 0.335 e. The van der Waals surface area contributed by atoms with Gasteiger partial charge in [-0.05, 0) is 36.0 Å². The molecular formula is C18H26O2. The number of carboxylic acids is 1. The van der Waals surface area contributed by atoms with E-state index in [1.54, 1.807) is 12.1 Å². The summed E-state index contributed by atoms with van der Waals surface area (Å²) in [6.45, 7) is 2.25. The van der Waals surface area contributed by atoms with Crippen LogP contribution in [0.25, 0.3) is 0 Å². The zero-order chi connectivity index (χ0) is 14.4. The summed E-state index contributed by atoms with van der Waals surface area (Å²) in [5.74, 6) is 0.647. The molecule has 2 rings (SSSR count). The fourth-order valence-electron chi connectivity index (χ4n) is 3.31. The average Bonchev–Trinajstić information content (AvgIpc) is 2.48. The monoisotopic (exact) mass is 274 g/mol. The molecule has 1 unspecified atom stereocenters. The Morgan fingerprint density at radius 1 is 1.20 bits per heavy atom. The summed E-state index contributed by atoms with van der Waals surface area (Å²) in [6.07, 6.45) is 11.0. The van der Waals surface area contributed by atoms with Gasteiger partial charge in [0.05, 0.1) is 5.56 Å². The maximum Gasteiger partial charge on any atom is 0.335 e. The third kappa shape index (κ3) is 4.36. The Morgan fingerprint density at radius 3 is 2.45 bits per heavy atom. The fourth-order valence-corrected chi connectivity index (χ4v) is 3.31. The number of rotatable bonds is 6. The molecule has 1 atom stereocenters. The van der Waals surface area contributed by atoms with Gasteiger partial charge in [-0.25, -0.2) is 4.79 Å². The van der Waals surface area contributed by atoms with Gasteiger partial charge in [-0.1, -0.05) is 64.0 Å². The van der Waals surface area contributed by atoms with Gasteiger partial charge in [-0.3, -0.25) is 0 Å². The van der Waals surface area contributed by atoms with Crippen molar-refractivity contribution in [3.8, 4) is 0 Å². The number of carbonyl (C=O) groups is 1. The topological polar surface area (TPSA) is 37.3 Å². The Hall–Kier alpha value is -1.31. The molecule has 0 aromatic heterocycles. The lowest BCUT2D eigenvalue weighted by atomic mass is 9.84. The van der Waals surface area contributed by atoms with Gasteiger partial charge in [0, 0.05) is 0 Å². The van der Waals surface area contributed by atoms with Crippen LogP contribution >= 0.6 is 0 Å². The summed E-state index contributed by atoms with van der Waals surface area (Å²) >= 11 is 0. The number of carboxylic acid groups (broad SMARTS) is 1. The highest BCUT2D eigenvalue weighted by Crippen LogP contribution is 2.30. The summed E-state index contributed by atoms with van der Waals surface area (Å²) in [4.78, 5) is 10.8. The standard InChI is InChI=1S/C18H26O2/c1-14(6-5-9-15-7-3-2-4-8-15)16-10-12-17(13-11-16)18(19)20/h10-15H,2-9H2,1H3,(H,19,20). The van der Waals surface area contributed by atoms with Crippen LogP contribution in [-0.4, -0.2) is 11.1 Å². The molecule has 1 saturated carbocycles. The highest BCUT2D eigenvalue weighted by atomic mass is 16.4. The van der Waals surface area contributed by atoms with Gasteiger partial charge in [0.1, 0.15) is 0 Å². The summed E-state index contributed by atoms with van der Waals surface area (Å²) in [5.41, 5.74) is 1.64. The van der Waals surface area contributed by atoms with Crippen LogP contribution in [0.4, 0.5) is 0 Å². The highest BCUT2D eigenvalue weighted by molar-refractivity contribution is 5.87. The lowest BCUT2D eigenvalue weighted by Gasteiger charge is -2.22. The first-order valence-corrected chi connectivity index (χ1v) is 8.00. The van der Waals surface area contributed by atoms with E-state index in [0.717, 1.165) is 5.92 Å². The average molecular weight is 274 g/mol. The van der Waals surface area contributed by atoms with Crippen molar-refractivity contribution >= 4 is 5.97 Å². The minimum absolute atomic E-state index is 0.378. The predicted octanol–water partition coefficient (Wildman–Crippen LogP) is 5.24. The van der Waals surface area contributed by atoms with Crippen LogP contribution < -0.4 is 0 Å². The van der Waals surface area contributed by atoms with E-state index in [1.807, 2.05) is 12.1 Å². The van der Waals surface area contributed by atoms with Crippen LogP contribution in [0.15, 0.2) is 24.3 Å². The second-order valence-corrected chi connectivity index (χ2v) is 6.26. The molecule has 1 aliphatic carbocycles. The maximum atomic E-state index is 10.8. The molecule has 2 heteroatoms. The van der Waals surface area contributed by atoms with E-state index in [4.69, 9.17) is 5.11 Å². The molecule has 2 nitrogen and oxygen atoms in total. The SMILES string of the molecule is CC(CCCC1CCCCC1)c1ccc(C(=O)O)cc1. The van der Waals surface area contributed by atoms with Crippen molar-refractivity contribution in [3.05, 3.63) is 35.4 Å². The Morgan fingerprint density at radius 2 is 1.85 bits per heavy atom. The van der Waals surface area contributed by atoms with Crippen LogP contribution in [0, 0.1) is 5.92 Å². The molecule has 0 radical (unpaired) electrons. The van der Waals surface area contributed by atoms with E-state index in [2.05, 4.69) is 6.92 Å². The molecule has 0 saturated heterocycles. The molecule has 0 amide bonds. The third-order valence-electron chi connectivity index (χ3n) is 4.70. The van der Waals surface area contributed by atoms with E-state index in [0.29, 0.717) is 11.5 Å². The van der Waals surface area contributed by atoms with Gasteiger partial charge in [0.25, 0.3) is 0 Å². The number of benzene rings is 1. The Labute approximate surface area is 122 Å². The van der Waals surface area contributed by atoms with E-state index < -0.39 is 5.97 Å². The first kappa shape index (κ1) is 15.1. The second kappa shape index (κ2) is 7.47. The van der Waals surface area contributed by atoms with Crippen molar-refractivity contribution < 1.29 is 9.90 Å². The van der Waals surface area contributed by atoms with E-state index in [1.165, 1.54) is 56.9 Å². The van der Waals surface area contributed by atoms with E-state index >= 15 is 0 Å². The largest absolute Gasteiger partial charge is 0.478 e. The van der Waals surface area contributed by atoms with Gasteiger partial charge < -0.3 is 5.11 Å². The van der Waals surface area contributed by atoms with Crippen molar-refractivity contribution in [1.82, 2.24) is 0 Å². The van der Waals surface area contributed by atoms with Crippen molar-refractivity contribution in [2.24, 2.45) is 5.92 Å².